The quantitative estimate of drug-likeness (QED) is 0.106. The summed E-state index contributed by atoms with van der Waals surface area (Å²) in [6.45, 7) is 0.402. The molecule has 42 heavy (non-hydrogen) atoms. The highest BCUT2D eigenvalue weighted by molar-refractivity contribution is 5.91. The largest absolute Gasteiger partial charge is 0.497 e. The number of allylic oxidation sites excluding steroid dienone is 4. The molecule has 0 amide bonds. The number of carbonyl (C=O) groups excluding carboxylic acids is 3. The van der Waals surface area contributed by atoms with Gasteiger partial charge in [-0.1, -0.05) is 62.1 Å². The minimum Gasteiger partial charge on any atom is -0.497 e. The van der Waals surface area contributed by atoms with Gasteiger partial charge in [-0.15, -0.1) is 0 Å². The fourth-order valence-corrected chi connectivity index (χ4v) is 4.47. The van der Waals surface area contributed by atoms with Crippen LogP contribution in [0.25, 0.3) is 0 Å². The van der Waals surface area contributed by atoms with Crippen molar-refractivity contribution in [1.29, 1.82) is 0 Å². The number of hydrogen-bond donors (Lipinski definition) is 0. The van der Waals surface area contributed by atoms with E-state index >= 15 is 0 Å². The van der Waals surface area contributed by atoms with Crippen LogP contribution in [0.1, 0.15) is 77.1 Å². The summed E-state index contributed by atoms with van der Waals surface area (Å²) in [7, 11) is 1.56. The highest BCUT2D eigenvalue weighted by atomic mass is 16.5. The summed E-state index contributed by atoms with van der Waals surface area (Å²) in [5.41, 5.74) is 2.08. The molecule has 7 heteroatoms. The second-order valence-electron chi connectivity index (χ2n) is 9.99. The van der Waals surface area contributed by atoms with E-state index in [-0.39, 0.29) is 17.9 Å². The Hall–Kier alpha value is -4.65. The molecule has 1 aliphatic rings. The minimum atomic E-state index is -0.503. The molecule has 0 saturated heterocycles. The molecule has 3 aromatic carbocycles. The van der Waals surface area contributed by atoms with Crippen LogP contribution in [0.3, 0.4) is 0 Å². The molecule has 0 bridgehead atoms. The number of benzene rings is 3. The van der Waals surface area contributed by atoms with Crippen LogP contribution in [0.5, 0.6) is 17.2 Å². The summed E-state index contributed by atoms with van der Waals surface area (Å²) in [5, 5.41) is 0. The van der Waals surface area contributed by atoms with Crippen molar-refractivity contribution < 1.29 is 33.3 Å². The summed E-state index contributed by atoms with van der Waals surface area (Å²) in [5.74, 6) is 0.645. The Morgan fingerprint density at radius 1 is 0.595 bits per heavy atom. The first-order valence-corrected chi connectivity index (χ1v) is 14.3. The van der Waals surface area contributed by atoms with Gasteiger partial charge in [0.15, 0.2) is 0 Å². The van der Waals surface area contributed by atoms with E-state index in [0.29, 0.717) is 41.4 Å². The molecule has 4 rings (SSSR count). The average Bonchev–Trinajstić information content (AvgIpc) is 3.56. The zero-order chi connectivity index (χ0) is 29.6. The van der Waals surface area contributed by atoms with E-state index in [2.05, 4.69) is 12.2 Å². The van der Waals surface area contributed by atoms with Crippen molar-refractivity contribution in [3.8, 4) is 17.2 Å². The van der Waals surface area contributed by atoms with Gasteiger partial charge in [0, 0.05) is 12.3 Å². The molecule has 0 saturated carbocycles. The molecule has 0 aromatic heterocycles. The molecule has 0 N–H and O–H groups in total. The molecule has 0 unspecified atom stereocenters. The fourth-order valence-electron chi connectivity index (χ4n) is 4.47. The van der Waals surface area contributed by atoms with Crippen molar-refractivity contribution in [3.05, 3.63) is 114 Å². The molecule has 3 aromatic rings. The Bertz CT molecular complexity index is 1360. The number of unbranched alkanes of at least 4 members (excludes halogenated alkanes) is 5. The zero-order valence-corrected chi connectivity index (χ0v) is 23.8. The molecule has 0 heterocycles. The van der Waals surface area contributed by atoms with Gasteiger partial charge in [0.25, 0.3) is 0 Å². The van der Waals surface area contributed by atoms with E-state index in [9.17, 15) is 14.4 Å². The maximum atomic E-state index is 12.3. The molecule has 0 radical (unpaired) electrons. The Morgan fingerprint density at radius 3 is 1.79 bits per heavy atom. The Kier molecular flexibility index (Phi) is 11.5. The minimum absolute atomic E-state index is 0.282. The third kappa shape index (κ3) is 9.47. The average molecular weight is 569 g/mol. The molecule has 0 aliphatic heterocycles. The molecular weight excluding hydrogens is 532 g/mol. The van der Waals surface area contributed by atoms with Crippen LogP contribution in [-0.2, 0) is 9.53 Å². The summed E-state index contributed by atoms with van der Waals surface area (Å²) in [6, 6.07) is 20.6. The Balaban J connectivity index is 1.03. The van der Waals surface area contributed by atoms with E-state index in [1.165, 1.54) is 0 Å². The molecule has 1 aliphatic carbocycles. The topological polar surface area (TPSA) is 88.1 Å². The number of esters is 3. The van der Waals surface area contributed by atoms with Gasteiger partial charge < -0.3 is 18.9 Å². The lowest BCUT2D eigenvalue weighted by Crippen LogP contribution is -2.10. The summed E-state index contributed by atoms with van der Waals surface area (Å²) in [4.78, 5) is 36.8. The third-order valence-electron chi connectivity index (χ3n) is 6.88. The second kappa shape index (κ2) is 16.0. The zero-order valence-electron chi connectivity index (χ0n) is 23.8. The van der Waals surface area contributed by atoms with Gasteiger partial charge in [0.05, 0.1) is 24.8 Å². The SMILES string of the molecule is COc1ccc(OC(=O)c2ccc(OC(=O)CCCCCCCCOC(=O)c3ccc(C4C=CC=C4)cc3)cc2)cc1. The summed E-state index contributed by atoms with van der Waals surface area (Å²) in [6.07, 6.45) is 14.1. The van der Waals surface area contributed by atoms with Crippen LogP contribution < -0.4 is 14.2 Å². The third-order valence-corrected chi connectivity index (χ3v) is 6.88. The van der Waals surface area contributed by atoms with Crippen molar-refractivity contribution in [2.24, 2.45) is 0 Å². The molecule has 0 atom stereocenters. The van der Waals surface area contributed by atoms with Crippen LogP contribution in [0.15, 0.2) is 97.1 Å². The van der Waals surface area contributed by atoms with Gasteiger partial charge >= 0.3 is 17.9 Å². The van der Waals surface area contributed by atoms with Crippen LogP contribution in [0, 0.1) is 0 Å². The molecule has 7 nitrogen and oxygen atoms in total. The van der Waals surface area contributed by atoms with Crippen LogP contribution in [0.2, 0.25) is 0 Å². The lowest BCUT2D eigenvalue weighted by Gasteiger charge is -2.08. The highest BCUT2D eigenvalue weighted by Crippen LogP contribution is 2.23. The Morgan fingerprint density at radius 2 is 1.12 bits per heavy atom. The monoisotopic (exact) mass is 568 g/mol. The van der Waals surface area contributed by atoms with Gasteiger partial charge in [-0.2, -0.15) is 0 Å². The lowest BCUT2D eigenvalue weighted by atomic mass is 10.00. The Labute approximate surface area is 246 Å². The number of carbonyl (C=O) groups is 3. The maximum Gasteiger partial charge on any atom is 0.343 e. The molecule has 0 spiro atoms. The van der Waals surface area contributed by atoms with Crippen molar-refractivity contribution in [1.82, 2.24) is 0 Å². The van der Waals surface area contributed by atoms with Crippen molar-refractivity contribution in [2.45, 2.75) is 50.9 Å². The van der Waals surface area contributed by atoms with Crippen LogP contribution in [0.4, 0.5) is 0 Å². The van der Waals surface area contributed by atoms with E-state index in [1.807, 2.05) is 36.4 Å². The van der Waals surface area contributed by atoms with E-state index in [4.69, 9.17) is 18.9 Å². The smallest absolute Gasteiger partial charge is 0.343 e. The van der Waals surface area contributed by atoms with E-state index in [0.717, 1.165) is 44.1 Å². The highest BCUT2D eigenvalue weighted by Gasteiger charge is 2.12. The van der Waals surface area contributed by atoms with Crippen LogP contribution >= 0.6 is 0 Å². The first kappa shape index (κ1) is 30.3. The first-order chi connectivity index (χ1) is 20.5. The van der Waals surface area contributed by atoms with E-state index < -0.39 is 5.97 Å². The van der Waals surface area contributed by atoms with Crippen molar-refractivity contribution in [2.75, 3.05) is 13.7 Å². The van der Waals surface area contributed by atoms with Crippen molar-refractivity contribution in [3.63, 3.8) is 0 Å². The lowest BCUT2D eigenvalue weighted by molar-refractivity contribution is -0.134. The number of ether oxygens (including phenoxy) is 4. The first-order valence-electron chi connectivity index (χ1n) is 14.3. The molecule has 218 valence electrons. The van der Waals surface area contributed by atoms with E-state index in [1.54, 1.807) is 55.6 Å². The van der Waals surface area contributed by atoms with Gasteiger partial charge in [-0.25, -0.2) is 9.59 Å². The number of rotatable bonds is 15. The maximum absolute atomic E-state index is 12.3. The number of methoxy groups -OCH3 is 1. The standard InChI is InChI=1S/C35H36O7/c1-39-30-21-23-32(24-22-30)42-35(38)29-17-19-31(20-18-29)41-33(36)12-6-4-2-3-5-9-25-40-34(37)28-15-13-27(14-16-28)26-10-7-8-11-26/h7-8,10-11,13-24,26H,2-6,9,12,25H2,1H3. The number of hydrogen-bond acceptors (Lipinski definition) is 7. The van der Waals surface area contributed by atoms with Crippen LogP contribution in [-0.4, -0.2) is 31.6 Å². The van der Waals surface area contributed by atoms with Gasteiger partial charge in [0.2, 0.25) is 0 Å². The van der Waals surface area contributed by atoms with Crippen molar-refractivity contribution >= 4 is 17.9 Å². The summed E-state index contributed by atoms with van der Waals surface area (Å²) >= 11 is 0. The van der Waals surface area contributed by atoms with Gasteiger partial charge in [0.1, 0.15) is 17.2 Å². The van der Waals surface area contributed by atoms with Gasteiger partial charge in [-0.05, 0) is 79.1 Å². The van der Waals surface area contributed by atoms with Gasteiger partial charge in [-0.3, -0.25) is 4.79 Å². The molecule has 0 fully saturated rings. The normalized spacial score (nSPS) is 12.2. The molecular formula is C35H36O7. The summed E-state index contributed by atoms with van der Waals surface area (Å²) < 4.78 is 21.2. The predicted octanol–water partition coefficient (Wildman–Crippen LogP) is 7.62. The second-order valence-corrected chi connectivity index (χ2v) is 9.99. The predicted molar refractivity (Wildman–Crippen MR) is 160 cm³/mol. The fraction of sp³-hybridized carbons (Fsp3) is 0.286.